The van der Waals surface area contributed by atoms with E-state index in [0.29, 0.717) is 18.1 Å². The summed E-state index contributed by atoms with van der Waals surface area (Å²) in [5.41, 5.74) is 0. The quantitative estimate of drug-likeness (QED) is 0.478. The zero-order valence-corrected chi connectivity index (χ0v) is 12.7. The predicted octanol–water partition coefficient (Wildman–Crippen LogP) is 2.90. The molecule has 0 spiro atoms. The summed E-state index contributed by atoms with van der Waals surface area (Å²) >= 11 is 6.77. The fourth-order valence-corrected chi connectivity index (χ4v) is 4.45. The highest BCUT2D eigenvalue weighted by Crippen LogP contribution is 2.16. The molecule has 0 fully saturated rings. The Balaban J connectivity index is 3.09. The Kier molecular flexibility index (Phi) is 14.6. The molecule has 2 N–H and O–H groups in total. The summed E-state index contributed by atoms with van der Waals surface area (Å²) in [4.78, 5) is 11.2. The second-order valence-electron chi connectivity index (χ2n) is 2.67. The molecule has 0 bridgehead atoms. The zero-order valence-electron chi connectivity index (χ0n) is 9.44. The fourth-order valence-electron chi connectivity index (χ4n) is 0.667. The molecule has 0 aliphatic rings. The number of carbonyl (C=O) groups excluding carboxylic acids is 1. The first kappa shape index (κ1) is 16.8. The van der Waals surface area contributed by atoms with Crippen molar-refractivity contribution in [2.24, 2.45) is 0 Å². The summed E-state index contributed by atoms with van der Waals surface area (Å²) in [6.07, 6.45) is 0.676. The molecule has 3 nitrogen and oxygen atoms in total. The van der Waals surface area contributed by atoms with Crippen LogP contribution in [0.25, 0.3) is 0 Å². The van der Waals surface area contributed by atoms with Crippen LogP contribution in [0.5, 0.6) is 0 Å². The minimum absolute atomic E-state index is 0.00823. The number of aliphatic hydroxyl groups excluding tert-OH is 1. The second-order valence-corrected chi connectivity index (χ2v) is 7.72. The number of hydrogen-bond donors (Lipinski definition) is 2. The van der Waals surface area contributed by atoms with Gasteiger partial charge in [0.1, 0.15) is 0 Å². The van der Waals surface area contributed by atoms with Gasteiger partial charge in [-0.2, -0.15) is 11.8 Å². The monoisotopic (exact) mass is 301 g/mol. The number of hydrogen-bond acceptors (Lipinski definition) is 6. The lowest BCUT2D eigenvalue weighted by atomic mass is 10.5. The van der Waals surface area contributed by atoms with E-state index in [1.54, 1.807) is 11.8 Å². The standard InChI is InChI=1S/C9H19NO2S4/c1-2-13-7-15-8-14-6-10-9(12)16-5-3-4-11/h11H,2-8H2,1H3,(H,10,12). The van der Waals surface area contributed by atoms with Crippen LogP contribution in [0.15, 0.2) is 0 Å². The van der Waals surface area contributed by atoms with Gasteiger partial charge in [-0.05, 0) is 12.2 Å². The van der Waals surface area contributed by atoms with Crippen LogP contribution in [-0.4, -0.2) is 44.5 Å². The Morgan fingerprint density at radius 2 is 2.00 bits per heavy atom. The molecule has 0 saturated carbocycles. The van der Waals surface area contributed by atoms with Crippen LogP contribution in [-0.2, 0) is 0 Å². The molecule has 1 amide bonds. The van der Waals surface area contributed by atoms with Crippen molar-refractivity contribution in [2.75, 3.05) is 34.2 Å². The highest BCUT2D eigenvalue weighted by Gasteiger charge is 2.00. The van der Waals surface area contributed by atoms with E-state index in [1.165, 1.54) is 11.8 Å². The fraction of sp³-hybridized carbons (Fsp3) is 0.889. The van der Waals surface area contributed by atoms with Gasteiger partial charge < -0.3 is 10.4 Å². The van der Waals surface area contributed by atoms with Gasteiger partial charge in [0.2, 0.25) is 0 Å². The highest BCUT2D eigenvalue weighted by atomic mass is 32.2. The van der Waals surface area contributed by atoms with Crippen molar-refractivity contribution in [3.05, 3.63) is 0 Å². The van der Waals surface area contributed by atoms with Crippen LogP contribution in [0.4, 0.5) is 4.79 Å². The van der Waals surface area contributed by atoms with Gasteiger partial charge in [-0.25, -0.2) is 0 Å². The molecule has 0 aliphatic heterocycles. The van der Waals surface area contributed by atoms with Crippen LogP contribution in [0, 0.1) is 0 Å². The Bertz CT molecular complexity index is 172. The van der Waals surface area contributed by atoms with Gasteiger partial charge in [0.25, 0.3) is 5.24 Å². The van der Waals surface area contributed by atoms with Crippen LogP contribution < -0.4 is 5.32 Å². The van der Waals surface area contributed by atoms with Gasteiger partial charge in [-0.1, -0.05) is 18.7 Å². The summed E-state index contributed by atoms with van der Waals surface area (Å²) in [5.74, 6) is 2.53. The molecule has 7 heteroatoms. The number of aliphatic hydroxyl groups is 1. The van der Waals surface area contributed by atoms with Crippen LogP contribution in [0.2, 0.25) is 0 Å². The van der Waals surface area contributed by atoms with Gasteiger partial charge in [0.05, 0.1) is 5.88 Å². The number of carbonyl (C=O) groups is 1. The first-order valence-electron chi connectivity index (χ1n) is 5.06. The molecule has 0 atom stereocenters. The SMILES string of the molecule is CCSCSCSCNC(=O)SCCCO. The first-order valence-corrected chi connectivity index (χ1v) is 9.51. The average Bonchev–Trinajstić information content (AvgIpc) is 2.28. The summed E-state index contributed by atoms with van der Waals surface area (Å²) in [6, 6.07) is 0. The molecular formula is C9H19NO2S4. The highest BCUT2D eigenvalue weighted by molar-refractivity contribution is 8.22. The van der Waals surface area contributed by atoms with Gasteiger partial charge >= 0.3 is 0 Å². The summed E-state index contributed by atoms with van der Waals surface area (Å²) in [6.45, 7) is 2.31. The van der Waals surface area contributed by atoms with Crippen LogP contribution in [0.1, 0.15) is 13.3 Å². The molecule has 0 rings (SSSR count). The van der Waals surface area contributed by atoms with Crippen LogP contribution >= 0.6 is 47.0 Å². The van der Waals surface area contributed by atoms with Crippen LogP contribution in [0.3, 0.4) is 0 Å². The summed E-state index contributed by atoms with van der Waals surface area (Å²) in [7, 11) is 0. The molecular weight excluding hydrogens is 282 g/mol. The third kappa shape index (κ3) is 12.9. The number of amides is 1. The normalized spacial score (nSPS) is 10.4. The van der Waals surface area contributed by atoms with Gasteiger partial charge in [0.15, 0.2) is 0 Å². The minimum atomic E-state index is 0.00823. The van der Waals surface area contributed by atoms with E-state index in [9.17, 15) is 4.79 Å². The first-order chi connectivity index (χ1) is 7.81. The van der Waals surface area contributed by atoms with Gasteiger partial charge in [-0.3, -0.25) is 4.79 Å². The zero-order chi connectivity index (χ0) is 12.1. The van der Waals surface area contributed by atoms with E-state index in [0.717, 1.165) is 15.9 Å². The predicted molar refractivity (Wildman–Crippen MR) is 80.6 cm³/mol. The molecule has 96 valence electrons. The lowest BCUT2D eigenvalue weighted by Gasteiger charge is -2.04. The Morgan fingerprint density at radius 1 is 1.25 bits per heavy atom. The Labute approximate surface area is 115 Å². The third-order valence-electron chi connectivity index (χ3n) is 1.39. The maximum atomic E-state index is 11.2. The maximum absolute atomic E-state index is 11.2. The van der Waals surface area contributed by atoms with Crippen molar-refractivity contribution in [3.8, 4) is 0 Å². The molecule has 0 aromatic rings. The Morgan fingerprint density at radius 3 is 2.69 bits per heavy atom. The summed E-state index contributed by atoms with van der Waals surface area (Å²) in [5, 5.41) is 13.5. The number of nitrogens with one attached hydrogen (secondary N) is 1. The number of rotatable bonds is 10. The van der Waals surface area contributed by atoms with Crippen molar-refractivity contribution in [1.29, 1.82) is 0 Å². The van der Waals surface area contributed by atoms with Crippen molar-refractivity contribution >= 4 is 52.3 Å². The maximum Gasteiger partial charge on any atom is 0.279 e. The van der Waals surface area contributed by atoms with Crippen molar-refractivity contribution in [2.45, 2.75) is 13.3 Å². The van der Waals surface area contributed by atoms with Gasteiger partial charge in [-0.15, -0.1) is 23.5 Å². The molecule has 0 unspecified atom stereocenters. The molecule has 0 aliphatic carbocycles. The number of thioether (sulfide) groups is 4. The van der Waals surface area contributed by atoms with Crippen molar-refractivity contribution in [1.82, 2.24) is 5.32 Å². The third-order valence-corrected chi connectivity index (χ3v) is 5.71. The summed E-state index contributed by atoms with van der Waals surface area (Å²) < 4.78 is 0. The largest absolute Gasteiger partial charge is 0.396 e. The van der Waals surface area contributed by atoms with E-state index in [4.69, 9.17) is 5.11 Å². The molecule has 0 saturated heterocycles. The molecule has 16 heavy (non-hydrogen) atoms. The Hall–Kier alpha value is 0.830. The van der Waals surface area contributed by atoms with Crippen molar-refractivity contribution in [3.63, 3.8) is 0 Å². The molecule has 0 radical (unpaired) electrons. The van der Waals surface area contributed by atoms with Crippen molar-refractivity contribution < 1.29 is 9.90 Å². The average molecular weight is 302 g/mol. The topological polar surface area (TPSA) is 49.3 Å². The molecule has 0 aromatic heterocycles. The molecule has 0 heterocycles. The van der Waals surface area contributed by atoms with E-state index < -0.39 is 0 Å². The van der Waals surface area contributed by atoms with E-state index in [2.05, 4.69) is 12.2 Å². The van der Waals surface area contributed by atoms with E-state index >= 15 is 0 Å². The van der Waals surface area contributed by atoms with E-state index in [-0.39, 0.29) is 11.8 Å². The van der Waals surface area contributed by atoms with Gasteiger partial charge in [0, 0.05) is 22.5 Å². The molecule has 0 aromatic carbocycles. The smallest absolute Gasteiger partial charge is 0.279 e. The minimum Gasteiger partial charge on any atom is -0.396 e. The lowest BCUT2D eigenvalue weighted by molar-refractivity contribution is 0.262. The lowest BCUT2D eigenvalue weighted by Crippen LogP contribution is -2.18. The van der Waals surface area contributed by atoms with E-state index in [1.807, 2.05) is 23.5 Å². The second kappa shape index (κ2) is 13.9.